The molecule has 6 N–H and O–H groups in total. The van der Waals surface area contributed by atoms with Gasteiger partial charge in [0, 0.05) is 34.1 Å². The highest BCUT2D eigenvalue weighted by Crippen LogP contribution is 2.22. The molecule has 0 fully saturated rings. The van der Waals surface area contributed by atoms with Gasteiger partial charge < -0.3 is 22.1 Å². The van der Waals surface area contributed by atoms with Crippen LogP contribution in [0.3, 0.4) is 0 Å². The lowest BCUT2D eigenvalue weighted by Crippen LogP contribution is -1.93. The predicted octanol–water partition coefficient (Wildman–Crippen LogP) is 5.36. The Morgan fingerprint density at radius 1 is 0.458 bits per heavy atom. The Morgan fingerprint density at radius 2 is 0.667 bits per heavy atom. The molecule has 3 aromatic rings. The molecule has 0 unspecified atom stereocenters. The maximum atomic E-state index is 5.68. The van der Waals surface area contributed by atoms with Crippen LogP contribution in [0.25, 0.3) is 0 Å². The molecule has 0 radical (unpaired) electrons. The van der Waals surface area contributed by atoms with Gasteiger partial charge >= 0.3 is 0 Å². The Hall–Kier alpha value is -3.14. The van der Waals surface area contributed by atoms with Gasteiger partial charge in [-0.15, -0.1) is 0 Å². The highest BCUT2D eigenvalue weighted by atomic mass is 14.9. The van der Waals surface area contributed by atoms with E-state index >= 15 is 0 Å². The SMILES string of the molecule is CC.Nc1ccc(Nc2ccc(Nc3ccc(N)cc3)cc2)cc1. The summed E-state index contributed by atoms with van der Waals surface area (Å²) < 4.78 is 0. The fourth-order valence-electron chi connectivity index (χ4n) is 2.10. The van der Waals surface area contributed by atoms with Crippen LogP contribution in [0.5, 0.6) is 0 Å². The van der Waals surface area contributed by atoms with E-state index in [1.165, 1.54) is 0 Å². The number of nitrogens with two attached hydrogens (primary N) is 2. The first-order valence-corrected chi connectivity index (χ1v) is 8.04. The van der Waals surface area contributed by atoms with Gasteiger partial charge in [0.1, 0.15) is 0 Å². The molecule has 24 heavy (non-hydrogen) atoms. The van der Waals surface area contributed by atoms with E-state index in [-0.39, 0.29) is 0 Å². The second-order valence-corrected chi connectivity index (χ2v) is 5.07. The molecule has 124 valence electrons. The van der Waals surface area contributed by atoms with E-state index in [4.69, 9.17) is 11.5 Å². The minimum atomic E-state index is 0.758. The number of hydrogen-bond donors (Lipinski definition) is 4. The summed E-state index contributed by atoms with van der Waals surface area (Å²) in [5, 5.41) is 6.66. The van der Waals surface area contributed by atoms with Crippen LogP contribution in [0, 0.1) is 0 Å². The molecule has 0 aliphatic rings. The Labute approximate surface area is 143 Å². The third-order valence-electron chi connectivity index (χ3n) is 3.28. The Morgan fingerprint density at radius 3 is 0.917 bits per heavy atom. The van der Waals surface area contributed by atoms with Crippen molar-refractivity contribution in [2.24, 2.45) is 0 Å². The van der Waals surface area contributed by atoms with E-state index in [1.807, 2.05) is 86.6 Å². The third-order valence-corrected chi connectivity index (χ3v) is 3.28. The van der Waals surface area contributed by atoms with E-state index in [2.05, 4.69) is 10.6 Å². The average molecular weight is 320 g/mol. The summed E-state index contributed by atoms with van der Waals surface area (Å²) in [4.78, 5) is 0. The van der Waals surface area contributed by atoms with Crippen molar-refractivity contribution >= 4 is 34.1 Å². The fourth-order valence-corrected chi connectivity index (χ4v) is 2.10. The van der Waals surface area contributed by atoms with Crippen LogP contribution in [-0.2, 0) is 0 Å². The van der Waals surface area contributed by atoms with Crippen molar-refractivity contribution in [2.75, 3.05) is 22.1 Å². The van der Waals surface area contributed by atoms with Crippen LogP contribution in [0.4, 0.5) is 34.1 Å². The molecular weight excluding hydrogens is 296 g/mol. The highest BCUT2D eigenvalue weighted by molar-refractivity contribution is 5.67. The number of benzene rings is 3. The summed E-state index contributed by atoms with van der Waals surface area (Å²) in [5.74, 6) is 0. The van der Waals surface area contributed by atoms with Crippen LogP contribution in [0.15, 0.2) is 72.8 Å². The van der Waals surface area contributed by atoms with Crippen molar-refractivity contribution in [3.63, 3.8) is 0 Å². The summed E-state index contributed by atoms with van der Waals surface area (Å²) in [6.07, 6.45) is 0. The third kappa shape index (κ3) is 4.95. The Balaban J connectivity index is 0.00000100. The molecule has 4 heteroatoms. The highest BCUT2D eigenvalue weighted by Gasteiger charge is 1.97. The van der Waals surface area contributed by atoms with E-state index in [0.717, 1.165) is 34.1 Å². The molecule has 3 rings (SSSR count). The summed E-state index contributed by atoms with van der Waals surface area (Å²) in [7, 11) is 0. The van der Waals surface area contributed by atoms with Gasteiger partial charge in [-0.2, -0.15) is 0 Å². The number of hydrogen-bond acceptors (Lipinski definition) is 4. The van der Waals surface area contributed by atoms with Crippen LogP contribution in [0.1, 0.15) is 13.8 Å². The quantitative estimate of drug-likeness (QED) is 0.488. The Bertz CT molecular complexity index is 666. The van der Waals surface area contributed by atoms with E-state index in [9.17, 15) is 0 Å². The first-order valence-electron chi connectivity index (χ1n) is 8.04. The zero-order chi connectivity index (χ0) is 17.4. The monoisotopic (exact) mass is 320 g/mol. The fraction of sp³-hybridized carbons (Fsp3) is 0.100. The normalized spacial score (nSPS) is 9.58. The molecule has 0 aliphatic carbocycles. The van der Waals surface area contributed by atoms with E-state index < -0.39 is 0 Å². The lowest BCUT2D eigenvalue weighted by Gasteiger charge is -2.10. The molecule has 0 saturated heterocycles. The van der Waals surface area contributed by atoms with Crippen molar-refractivity contribution in [1.29, 1.82) is 0 Å². The molecule has 0 amide bonds. The van der Waals surface area contributed by atoms with Crippen molar-refractivity contribution in [1.82, 2.24) is 0 Å². The molecule has 4 nitrogen and oxygen atoms in total. The molecule has 0 bridgehead atoms. The molecule has 0 heterocycles. The molecule has 0 spiro atoms. The van der Waals surface area contributed by atoms with Crippen molar-refractivity contribution in [2.45, 2.75) is 13.8 Å². The van der Waals surface area contributed by atoms with Crippen molar-refractivity contribution in [3.05, 3.63) is 72.8 Å². The van der Waals surface area contributed by atoms with E-state index in [1.54, 1.807) is 0 Å². The zero-order valence-corrected chi connectivity index (χ0v) is 14.1. The largest absolute Gasteiger partial charge is 0.399 e. The van der Waals surface area contributed by atoms with Gasteiger partial charge in [-0.25, -0.2) is 0 Å². The van der Waals surface area contributed by atoms with Gasteiger partial charge in [-0.3, -0.25) is 0 Å². The summed E-state index contributed by atoms with van der Waals surface area (Å²) in [6.45, 7) is 4.00. The van der Waals surface area contributed by atoms with Gasteiger partial charge in [-0.1, -0.05) is 13.8 Å². The van der Waals surface area contributed by atoms with Gasteiger partial charge in [0.05, 0.1) is 0 Å². The molecule has 0 aromatic heterocycles. The number of anilines is 6. The predicted molar refractivity (Wildman–Crippen MR) is 106 cm³/mol. The summed E-state index contributed by atoms with van der Waals surface area (Å²) in [5.41, 5.74) is 16.9. The first kappa shape index (κ1) is 17.2. The molecule has 3 aromatic carbocycles. The van der Waals surface area contributed by atoms with Gasteiger partial charge in [0.15, 0.2) is 0 Å². The number of rotatable bonds is 4. The second kappa shape index (κ2) is 8.48. The van der Waals surface area contributed by atoms with Crippen LogP contribution in [0.2, 0.25) is 0 Å². The van der Waals surface area contributed by atoms with Crippen molar-refractivity contribution in [3.8, 4) is 0 Å². The smallest absolute Gasteiger partial charge is 0.0385 e. The molecule has 0 atom stereocenters. The number of nitrogens with one attached hydrogen (secondary N) is 2. The van der Waals surface area contributed by atoms with Crippen molar-refractivity contribution < 1.29 is 0 Å². The first-order chi connectivity index (χ1) is 11.7. The topological polar surface area (TPSA) is 76.1 Å². The second-order valence-electron chi connectivity index (χ2n) is 5.07. The van der Waals surface area contributed by atoms with Gasteiger partial charge in [-0.05, 0) is 72.8 Å². The molecule has 0 aliphatic heterocycles. The summed E-state index contributed by atoms with van der Waals surface area (Å²) >= 11 is 0. The van der Waals surface area contributed by atoms with Crippen LogP contribution < -0.4 is 22.1 Å². The minimum absolute atomic E-state index is 0.758. The molecule has 0 saturated carbocycles. The lowest BCUT2D eigenvalue weighted by molar-refractivity contribution is 1.50. The zero-order valence-electron chi connectivity index (χ0n) is 14.1. The maximum absolute atomic E-state index is 5.68. The molecular formula is C20H24N4. The minimum Gasteiger partial charge on any atom is -0.399 e. The maximum Gasteiger partial charge on any atom is 0.0385 e. The van der Waals surface area contributed by atoms with Crippen LogP contribution >= 0.6 is 0 Å². The standard InChI is InChI=1S/C18H18N4.C2H6/c19-13-1-5-15(6-2-13)21-17-9-11-18(12-10-17)22-16-7-3-14(20)4-8-16;1-2/h1-12,21-22H,19-20H2;1-2H3. The van der Waals surface area contributed by atoms with Gasteiger partial charge in [0.25, 0.3) is 0 Å². The lowest BCUT2D eigenvalue weighted by atomic mass is 10.2. The Kier molecular flexibility index (Phi) is 6.08. The van der Waals surface area contributed by atoms with E-state index in [0.29, 0.717) is 0 Å². The average Bonchev–Trinajstić information content (AvgIpc) is 2.62. The van der Waals surface area contributed by atoms with Gasteiger partial charge in [0.2, 0.25) is 0 Å². The van der Waals surface area contributed by atoms with Crippen LogP contribution in [-0.4, -0.2) is 0 Å². The summed E-state index contributed by atoms with van der Waals surface area (Å²) in [6, 6.07) is 23.4. The number of nitrogen functional groups attached to an aromatic ring is 2.